The number of hydrogen-bond acceptors (Lipinski definition) is 1. The van der Waals surface area contributed by atoms with E-state index < -0.39 is 6.10 Å². The lowest BCUT2D eigenvalue weighted by atomic mass is 9.93. The number of halogens is 1. The highest BCUT2D eigenvalue weighted by Gasteiger charge is 2.27. The Morgan fingerprint density at radius 2 is 1.95 bits per heavy atom. The van der Waals surface area contributed by atoms with Gasteiger partial charge in [0.15, 0.2) is 0 Å². The molecule has 0 bridgehead atoms. The van der Waals surface area contributed by atoms with Gasteiger partial charge in [-0.25, -0.2) is 4.39 Å². The Morgan fingerprint density at radius 3 is 2.70 bits per heavy atom. The van der Waals surface area contributed by atoms with Gasteiger partial charge in [0.2, 0.25) is 0 Å². The van der Waals surface area contributed by atoms with E-state index in [0.717, 1.165) is 16.7 Å². The van der Waals surface area contributed by atoms with Crippen molar-refractivity contribution in [3.05, 3.63) is 70.5 Å². The van der Waals surface area contributed by atoms with Crippen LogP contribution in [-0.2, 0) is 6.42 Å². The van der Waals surface area contributed by atoms with Crippen LogP contribution in [0.2, 0.25) is 0 Å². The van der Waals surface area contributed by atoms with E-state index in [1.54, 1.807) is 6.07 Å². The molecule has 1 N–H and O–H groups in total. The molecule has 0 radical (unpaired) electrons. The lowest BCUT2D eigenvalue weighted by molar-refractivity contribution is 0.177. The van der Waals surface area contributed by atoms with Gasteiger partial charge < -0.3 is 5.11 Å². The standard InChI is InChI=1S/C18H19FO/c1-12-6-9-15(19)10-14(12)11-18(20)17-5-3-2-4-16(17)13-7-8-13/h2-6,9-10,13,18,20H,7-8,11H2,1H3. The molecule has 2 aromatic carbocycles. The predicted octanol–water partition coefficient (Wildman–Crippen LogP) is 4.29. The van der Waals surface area contributed by atoms with E-state index in [0.29, 0.717) is 12.3 Å². The summed E-state index contributed by atoms with van der Waals surface area (Å²) < 4.78 is 13.3. The molecule has 1 fully saturated rings. The van der Waals surface area contributed by atoms with E-state index in [4.69, 9.17) is 0 Å². The maximum atomic E-state index is 13.3. The summed E-state index contributed by atoms with van der Waals surface area (Å²) in [5, 5.41) is 10.5. The Hall–Kier alpha value is -1.67. The summed E-state index contributed by atoms with van der Waals surface area (Å²) in [6.45, 7) is 1.95. The van der Waals surface area contributed by atoms with Crippen molar-refractivity contribution in [1.29, 1.82) is 0 Å². The minimum atomic E-state index is -0.563. The summed E-state index contributed by atoms with van der Waals surface area (Å²) in [4.78, 5) is 0. The molecule has 2 heteroatoms. The van der Waals surface area contributed by atoms with E-state index in [2.05, 4.69) is 6.07 Å². The van der Waals surface area contributed by atoms with Crippen LogP contribution >= 0.6 is 0 Å². The van der Waals surface area contributed by atoms with Crippen molar-refractivity contribution in [2.75, 3.05) is 0 Å². The highest BCUT2D eigenvalue weighted by atomic mass is 19.1. The zero-order valence-electron chi connectivity index (χ0n) is 11.6. The van der Waals surface area contributed by atoms with Gasteiger partial charge >= 0.3 is 0 Å². The fourth-order valence-electron chi connectivity index (χ4n) is 2.76. The van der Waals surface area contributed by atoms with Crippen LogP contribution in [0.25, 0.3) is 0 Å². The maximum absolute atomic E-state index is 13.3. The second-order valence-corrected chi connectivity index (χ2v) is 5.69. The molecule has 0 spiro atoms. The smallest absolute Gasteiger partial charge is 0.123 e. The SMILES string of the molecule is Cc1ccc(F)cc1CC(O)c1ccccc1C1CC1. The Labute approximate surface area is 119 Å². The third kappa shape index (κ3) is 2.75. The number of rotatable bonds is 4. The Kier molecular flexibility index (Phi) is 3.58. The highest BCUT2D eigenvalue weighted by Crippen LogP contribution is 2.43. The third-order valence-electron chi connectivity index (χ3n) is 4.10. The van der Waals surface area contributed by atoms with Gasteiger partial charge in [0.05, 0.1) is 6.10 Å². The maximum Gasteiger partial charge on any atom is 0.123 e. The summed E-state index contributed by atoms with van der Waals surface area (Å²) in [5.74, 6) is 0.364. The first-order chi connectivity index (χ1) is 9.65. The molecule has 0 heterocycles. The fourth-order valence-corrected chi connectivity index (χ4v) is 2.76. The molecule has 0 amide bonds. The lowest BCUT2D eigenvalue weighted by Crippen LogP contribution is -2.06. The molecule has 1 aliphatic rings. The van der Waals surface area contributed by atoms with Crippen LogP contribution in [0.5, 0.6) is 0 Å². The fraction of sp³-hybridized carbons (Fsp3) is 0.333. The van der Waals surface area contributed by atoms with Gasteiger partial charge in [-0.2, -0.15) is 0 Å². The van der Waals surface area contributed by atoms with Gasteiger partial charge in [-0.3, -0.25) is 0 Å². The Morgan fingerprint density at radius 1 is 1.20 bits per heavy atom. The molecule has 0 aliphatic heterocycles. The molecule has 1 unspecified atom stereocenters. The van der Waals surface area contributed by atoms with Crippen LogP contribution in [0.1, 0.15) is 47.1 Å². The Balaban J connectivity index is 1.86. The molecule has 20 heavy (non-hydrogen) atoms. The summed E-state index contributed by atoms with van der Waals surface area (Å²) in [7, 11) is 0. The summed E-state index contributed by atoms with van der Waals surface area (Å²) in [6.07, 6.45) is 2.32. The topological polar surface area (TPSA) is 20.2 Å². The summed E-state index contributed by atoms with van der Waals surface area (Å²) in [5.41, 5.74) is 4.16. The predicted molar refractivity (Wildman–Crippen MR) is 78.2 cm³/mol. The number of hydrogen-bond donors (Lipinski definition) is 1. The van der Waals surface area contributed by atoms with E-state index in [-0.39, 0.29) is 5.82 Å². The Bertz CT molecular complexity index is 617. The quantitative estimate of drug-likeness (QED) is 0.878. The summed E-state index contributed by atoms with van der Waals surface area (Å²) in [6, 6.07) is 12.8. The average molecular weight is 270 g/mol. The van der Waals surface area contributed by atoms with Gasteiger partial charge in [-0.05, 0) is 60.1 Å². The van der Waals surface area contributed by atoms with Gasteiger partial charge in [0, 0.05) is 6.42 Å². The van der Waals surface area contributed by atoms with Gasteiger partial charge in [-0.15, -0.1) is 0 Å². The molecular weight excluding hydrogens is 251 g/mol. The molecule has 1 saturated carbocycles. The van der Waals surface area contributed by atoms with Crippen molar-refractivity contribution in [3.63, 3.8) is 0 Å². The van der Waals surface area contributed by atoms with Crippen molar-refractivity contribution in [3.8, 4) is 0 Å². The van der Waals surface area contributed by atoms with Gasteiger partial charge in [0.1, 0.15) is 5.82 Å². The number of benzene rings is 2. The summed E-state index contributed by atoms with van der Waals surface area (Å²) >= 11 is 0. The highest BCUT2D eigenvalue weighted by molar-refractivity contribution is 5.36. The van der Waals surface area contributed by atoms with E-state index in [1.807, 2.05) is 25.1 Å². The van der Waals surface area contributed by atoms with Crippen molar-refractivity contribution >= 4 is 0 Å². The van der Waals surface area contributed by atoms with Gasteiger partial charge in [-0.1, -0.05) is 30.3 Å². The molecule has 1 atom stereocenters. The van der Waals surface area contributed by atoms with E-state index >= 15 is 0 Å². The molecular formula is C18H19FO. The minimum Gasteiger partial charge on any atom is -0.388 e. The molecule has 2 aromatic rings. The normalized spacial score (nSPS) is 16.1. The zero-order valence-corrected chi connectivity index (χ0v) is 11.6. The molecule has 104 valence electrons. The zero-order chi connectivity index (χ0) is 14.1. The first kappa shape index (κ1) is 13.3. The van der Waals surface area contributed by atoms with E-state index in [9.17, 15) is 9.50 Å². The number of aliphatic hydroxyl groups is 1. The van der Waals surface area contributed by atoms with Gasteiger partial charge in [0.25, 0.3) is 0 Å². The van der Waals surface area contributed by atoms with Crippen LogP contribution in [-0.4, -0.2) is 5.11 Å². The van der Waals surface area contributed by atoms with Crippen LogP contribution in [0.3, 0.4) is 0 Å². The van der Waals surface area contributed by atoms with Crippen LogP contribution in [0, 0.1) is 12.7 Å². The van der Waals surface area contributed by atoms with Crippen LogP contribution in [0.15, 0.2) is 42.5 Å². The van der Waals surface area contributed by atoms with Crippen molar-refractivity contribution in [2.24, 2.45) is 0 Å². The van der Waals surface area contributed by atoms with Crippen molar-refractivity contribution in [2.45, 2.75) is 38.2 Å². The largest absolute Gasteiger partial charge is 0.388 e. The van der Waals surface area contributed by atoms with E-state index in [1.165, 1.54) is 30.5 Å². The molecule has 3 rings (SSSR count). The molecule has 0 saturated heterocycles. The second-order valence-electron chi connectivity index (χ2n) is 5.69. The number of aliphatic hydroxyl groups excluding tert-OH is 1. The monoisotopic (exact) mass is 270 g/mol. The third-order valence-corrected chi connectivity index (χ3v) is 4.10. The van der Waals surface area contributed by atoms with Crippen molar-refractivity contribution < 1.29 is 9.50 Å². The minimum absolute atomic E-state index is 0.242. The average Bonchev–Trinajstić information content (AvgIpc) is 3.27. The van der Waals surface area contributed by atoms with Crippen molar-refractivity contribution in [1.82, 2.24) is 0 Å². The number of aryl methyl sites for hydroxylation is 1. The molecule has 1 aliphatic carbocycles. The van der Waals surface area contributed by atoms with Crippen LogP contribution in [0.4, 0.5) is 4.39 Å². The van der Waals surface area contributed by atoms with Crippen LogP contribution < -0.4 is 0 Å². The first-order valence-corrected chi connectivity index (χ1v) is 7.17. The first-order valence-electron chi connectivity index (χ1n) is 7.17. The molecule has 0 aromatic heterocycles. The lowest BCUT2D eigenvalue weighted by Gasteiger charge is -2.16. The second kappa shape index (κ2) is 5.37. The molecule has 1 nitrogen and oxygen atoms in total.